The van der Waals surface area contributed by atoms with Gasteiger partial charge < -0.3 is 5.41 Å². The standard InChI is InChI=1S/C15H11N/c16-15-10-9-11-5-1-2-6-12(11)13-7-3-4-8-14(13)15/h1-10,16H. The summed E-state index contributed by atoms with van der Waals surface area (Å²) in [7, 11) is 0. The van der Waals surface area contributed by atoms with Crippen molar-refractivity contribution in [3.05, 3.63) is 66.0 Å². The Bertz CT molecular complexity index is 729. The molecular weight excluding hydrogens is 194 g/mol. The summed E-state index contributed by atoms with van der Waals surface area (Å²) in [4.78, 5) is 0. The number of rotatable bonds is 0. The van der Waals surface area contributed by atoms with Crippen molar-refractivity contribution in [2.75, 3.05) is 0 Å². The fraction of sp³-hybridized carbons (Fsp3) is 0. The van der Waals surface area contributed by atoms with Gasteiger partial charge in [0.2, 0.25) is 0 Å². The second-order valence-corrected chi connectivity index (χ2v) is 3.88. The highest BCUT2D eigenvalue weighted by molar-refractivity contribution is 6.05. The second-order valence-electron chi connectivity index (χ2n) is 3.88. The fourth-order valence-corrected chi connectivity index (χ4v) is 2.10. The lowest BCUT2D eigenvalue weighted by molar-refractivity contribution is 1.32. The van der Waals surface area contributed by atoms with E-state index in [-0.39, 0.29) is 0 Å². The highest BCUT2D eigenvalue weighted by Crippen LogP contribution is 2.20. The summed E-state index contributed by atoms with van der Waals surface area (Å²) in [5.41, 5.74) is 0. The molecule has 0 bridgehead atoms. The third-order valence-electron chi connectivity index (χ3n) is 2.90. The fourth-order valence-electron chi connectivity index (χ4n) is 2.10. The van der Waals surface area contributed by atoms with Crippen molar-refractivity contribution in [1.29, 1.82) is 5.41 Å². The van der Waals surface area contributed by atoms with E-state index in [0.717, 1.165) is 10.8 Å². The van der Waals surface area contributed by atoms with Gasteiger partial charge >= 0.3 is 0 Å². The van der Waals surface area contributed by atoms with Crippen molar-refractivity contribution in [2.45, 2.75) is 0 Å². The monoisotopic (exact) mass is 205 g/mol. The van der Waals surface area contributed by atoms with Gasteiger partial charge in [0.25, 0.3) is 0 Å². The van der Waals surface area contributed by atoms with Crippen molar-refractivity contribution < 1.29 is 0 Å². The van der Waals surface area contributed by atoms with Crippen LogP contribution in [0.1, 0.15) is 0 Å². The molecule has 0 unspecified atom stereocenters. The number of nitrogens with one attached hydrogen (secondary N) is 1. The van der Waals surface area contributed by atoms with Gasteiger partial charge in [0.1, 0.15) is 0 Å². The summed E-state index contributed by atoms with van der Waals surface area (Å²) >= 11 is 0. The Kier molecular flexibility index (Phi) is 1.97. The molecule has 0 radical (unpaired) electrons. The molecule has 3 aromatic rings. The normalized spacial score (nSPS) is 10.8. The molecule has 1 N–H and O–H groups in total. The quantitative estimate of drug-likeness (QED) is 0.581. The smallest absolute Gasteiger partial charge is 0.0618 e. The van der Waals surface area contributed by atoms with Gasteiger partial charge in [-0.15, -0.1) is 0 Å². The van der Waals surface area contributed by atoms with Gasteiger partial charge in [-0.3, -0.25) is 0 Å². The first-order chi connectivity index (χ1) is 7.86. The molecule has 0 aliphatic carbocycles. The van der Waals surface area contributed by atoms with Crippen LogP contribution in [0.25, 0.3) is 21.5 Å². The number of benzene rings is 2. The molecule has 0 atom stereocenters. The lowest BCUT2D eigenvalue weighted by Gasteiger charge is -1.96. The predicted octanol–water partition coefficient (Wildman–Crippen LogP) is 3.47. The summed E-state index contributed by atoms with van der Waals surface area (Å²) < 4.78 is 0. The van der Waals surface area contributed by atoms with Crippen LogP contribution in [0.2, 0.25) is 0 Å². The van der Waals surface area contributed by atoms with E-state index >= 15 is 0 Å². The average molecular weight is 205 g/mol. The zero-order valence-electron chi connectivity index (χ0n) is 8.77. The van der Waals surface area contributed by atoms with Crippen molar-refractivity contribution >= 4 is 21.5 Å². The maximum atomic E-state index is 8.00. The summed E-state index contributed by atoms with van der Waals surface area (Å²) in [6, 6.07) is 20.2. The Labute approximate surface area is 93.5 Å². The Morgan fingerprint density at radius 3 is 2.00 bits per heavy atom. The molecule has 1 heteroatoms. The Hall–Kier alpha value is -2.15. The Morgan fingerprint density at radius 2 is 1.19 bits per heavy atom. The van der Waals surface area contributed by atoms with Gasteiger partial charge in [0.05, 0.1) is 5.36 Å². The van der Waals surface area contributed by atoms with Crippen LogP contribution >= 0.6 is 0 Å². The third kappa shape index (κ3) is 1.29. The molecule has 0 aliphatic rings. The summed E-state index contributed by atoms with van der Waals surface area (Å²) in [5, 5.41) is 13.1. The van der Waals surface area contributed by atoms with Crippen molar-refractivity contribution in [3.8, 4) is 0 Å². The predicted molar refractivity (Wildman–Crippen MR) is 67.3 cm³/mol. The molecule has 0 saturated heterocycles. The van der Waals surface area contributed by atoms with Crippen LogP contribution in [0.5, 0.6) is 0 Å². The van der Waals surface area contributed by atoms with E-state index < -0.39 is 0 Å². The summed E-state index contributed by atoms with van der Waals surface area (Å²) in [6.07, 6.45) is 0. The van der Waals surface area contributed by atoms with Crippen molar-refractivity contribution in [2.24, 2.45) is 0 Å². The minimum atomic E-state index is 0.576. The van der Waals surface area contributed by atoms with Crippen LogP contribution in [0.3, 0.4) is 0 Å². The average Bonchev–Trinajstić information content (AvgIpc) is 2.49. The first-order valence-electron chi connectivity index (χ1n) is 5.32. The molecule has 3 rings (SSSR count). The van der Waals surface area contributed by atoms with Crippen LogP contribution in [0.15, 0.2) is 60.7 Å². The van der Waals surface area contributed by atoms with Gasteiger partial charge in [-0.2, -0.15) is 0 Å². The number of hydrogen-bond acceptors (Lipinski definition) is 1. The lowest BCUT2D eigenvalue weighted by atomic mass is 10.1. The van der Waals surface area contributed by atoms with Gasteiger partial charge in [0.15, 0.2) is 0 Å². The molecule has 0 aliphatic heterocycles. The molecule has 0 spiro atoms. The second kappa shape index (κ2) is 3.46. The van der Waals surface area contributed by atoms with Crippen LogP contribution in [-0.2, 0) is 0 Å². The first-order valence-corrected chi connectivity index (χ1v) is 5.32. The molecule has 3 aromatic carbocycles. The van der Waals surface area contributed by atoms with E-state index in [1.807, 2.05) is 42.5 Å². The van der Waals surface area contributed by atoms with E-state index in [2.05, 4.69) is 18.2 Å². The Balaban J connectivity index is 2.74. The summed E-state index contributed by atoms with van der Waals surface area (Å²) in [6.45, 7) is 0. The van der Waals surface area contributed by atoms with Gasteiger partial charge in [-0.1, -0.05) is 54.6 Å². The molecule has 1 nitrogen and oxygen atoms in total. The minimum Gasteiger partial charge on any atom is -0.300 e. The number of hydrogen-bond donors (Lipinski definition) is 1. The zero-order chi connectivity index (χ0) is 11.0. The molecule has 76 valence electrons. The van der Waals surface area contributed by atoms with Crippen LogP contribution in [-0.4, -0.2) is 0 Å². The van der Waals surface area contributed by atoms with Gasteiger partial charge in [-0.25, -0.2) is 0 Å². The van der Waals surface area contributed by atoms with Crippen LogP contribution in [0.4, 0.5) is 0 Å². The molecule has 0 aromatic heterocycles. The molecule has 0 amide bonds. The topological polar surface area (TPSA) is 23.9 Å². The molecule has 16 heavy (non-hydrogen) atoms. The lowest BCUT2D eigenvalue weighted by Crippen LogP contribution is -1.93. The molecular formula is C15H11N. The van der Waals surface area contributed by atoms with Crippen LogP contribution in [0, 0.1) is 5.41 Å². The zero-order valence-corrected chi connectivity index (χ0v) is 8.77. The van der Waals surface area contributed by atoms with E-state index in [4.69, 9.17) is 5.41 Å². The van der Waals surface area contributed by atoms with E-state index in [0.29, 0.717) is 5.36 Å². The first kappa shape index (κ1) is 9.10. The van der Waals surface area contributed by atoms with Crippen LogP contribution < -0.4 is 5.36 Å². The highest BCUT2D eigenvalue weighted by atomic mass is 14.3. The maximum Gasteiger partial charge on any atom is 0.0618 e. The highest BCUT2D eigenvalue weighted by Gasteiger charge is 1.98. The minimum absolute atomic E-state index is 0.576. The van der Waals surface area contributed by atoms with Crippen molar-refractivity contribution in [3.63, 3.8) is 0 Å². The SMILES string of the molecule is N=c1ccc2ccccc2c2ccccc12. The maximum absolute atomic E-state index is 8.00. The Morgan fingerprint density at radius 1 is 0.562 bits per heavy atom. The molecule has 0 fully saturated rings. The molecule has 0 heterocycles. The molecule has 0 saturated carbocycles. The van der Waals surface area contributed by atoms with Gasteiger partial charge in [-0.05, 0) is 22.2 Å². The van der Waals surface area contributed by atoms with Gasteiger partial charge in [0, 0.05) is 5.39 Å². The largest absolute Gasteiger partial charge is 0.300 e. The summed E-state index contributed by atoms with van der Waals surface area (Å²) in [5.74, 6) is 0. The number of fused-ring (bicyclic) bond motifs is 3. The van der Waals surface area contributed by atoms with E-state index in [1.54, 1.807) is 0 Å². The third-order valence-corrected chi connectivity index (χ3v) is 2.90. The van der Waals surface area contributed by atoms with Crippen molar-refractivity contribution in [1.82, 2.24) is 0 Å². The van der Waals surface area contributed by atoms with E-state index in [9.17, 15) is 0 Å². The van der Waals surface area contributed by atoms with E-state index in [1.165, 1.54) is 10.8 Å².